The van der Waals surface area contributed by atoms with Gasteiger partial charge in [0.25, 0.3) is 5.91 Å². The predicted molar refractivity (Wildman–Crippen MR) is 110 cm³/mol. The van der Waals surface area contributed by atoms with Gasteiger partial charge in [-0.3, -0.25) is 19.7 Å². The van der Waals surface area contributed by atoms with Crippen LogP contribution in [0.4, 0.5) is 5.13 Å². The lowest BCUT2D eigenvalue weighted by molar-refractivity contribution is -0.135. The van der Waals surface area contributed by atoms with E-state index >= 15 is 0 Å². The summed E-state index contributed by atoms with van der Waals surface area (Å²) < 4.78 is 5.14. The quantitative estimate of drug-likeness (QED) is 0.750. The summed E-state index contributed by atoms with van der Waals surface area (Å²) in [5, 5.41) is 7.89. The van der Waals surface area contributed by atoms with E-state index < -0.39 is 0 Å². The highest BCUT2D eigenvalue weighted by Gasteiger charge is 2.27. The van der Waals surface area contributed by atoms with Gasteiger partial charge in [-0.2, -0.15) is 0 Å². The lowest BCUT2D eigenvalue weighted by Crippen LogP contribution is -2.44. The number of carbonyl (C=O) groups is 3. The third kappa shape index (κ3) is 5.44. The summed E-state index contributed by atoms with van der Waals surface area (Å²) in [5.74, 6) is 0.278. The van der Waals surface area contributed by atoms with E-state index in [0.717, 1.165) is 0 Å². The zero-order valence-corrected chi connectivity index (χ0v) is 17.7. The number of nitrogens with one attached hydrogen (secondary N) is 2. The summed E-state index contributed by atoms with van der Waals surface area (Å²) in [5.41, 5.74) is 1.08. The molecule has 0 atom stereocenters. The first-order valence-corrected chi connectivity index (χ1v) is 10.6. The van der Waals surface area contributed by atoms with Gasteiger partial charge in [0.2, 0.25) is 11.8 Å². The van der Waals surface area contributed by atoms with Gasteiger partial charge < -0.3 is 14.6 Å². The number of thiazole rings is 1. The van der Waals surface area contributed by atoms with E-state index in [-0.39, 0.29) is 36.1 Å². The van der Waals surface area contributed by atoms with Crippen molar-refractivity contribution in [2.24, 2.45) is 5.92 Å². The van der Waals surface area contributed by atoms with Gasteiger partial charge in [-0.05, 0) is 39.7 Å². The van der Waals surface area contributed by atoms with Crippen LogP contribution in [-0.2, 0) is 16.0 Å². The Morgan fingerprint density at radius 1 is 1.31 bits per heavy atom. The highest BCUT2D eigenvalue weighted by Crippen LogP contribution is 2.21. The van der Waals surface area contributed by atoms with E-state index in [4.69, 9.17) is 4.42 Å². The molecule has 8 nitrogen and oxygen atoms in total. The van der Waals surface area contributed by atoms with E-state index in [0.29, 0.717) is 48.1 Å². The van der Waals surface area contributed by atoms with Gasteiger partial charge in [0.1, 0.15) is 5.76 Å². The minimum atomic E-state index is -0.287. The van der Waals surface area contributed by atoms with Crippen molar-refractivity contribution in [2.75, 3.05) is 18.4 Å². The molecule has 2 aromatic heterocycles. The number of aryl methyl sites for hydroxylation is 1. The van der Waals surface area contributed by atoms with E-state index in [1.165, 1.54) is 17.6 Å². The lowest BCUT2D eigenvalue weighted by Gasteiger charge is -2.31. The van der Waals surface area contributed by atoms with Crippen molar-refractivity contribution in [2.45, 2.75) is 46.1 Å². The number of nitrogens with zero attached hydrogens (tertiary/aromatic N) is 2. The van der Waals surface area contributed by atoms with Crippen LogP contribution in [0.1, 0.15) is 48.5 Å². The molecule has 3 heterocycles. The molecule has 29 heavy (non-hydrogen) atoms. The van der Waals surface area contributed by atoms with E-state index in [2.05, 4.69) is 15.6 Å². The van der Waals surface area contributed by atoms with Crippen molar-refractivity contribution in [3.8, 4) is 0 Å². The van der Waals surface area contributed by atoms with Gasteiger partial charge in [-0.25, -0.2) is 4.98 Å². The summed E-state index contributed by atoms with van der Waals surface area (Å²) in [6.45, 7) is 6.75. The van der Waals surface area contributed by atoms with Crippen LogP contribution in [0.2, 0.25) is 0 Å². The Morgan fingerprint density at radius 2 is 2.03 bits per heavy atom. The molecule has 0 aromatic carbocycles. The number of furan rings is 1. The van der Waals surface area contributed by atoms with Crippen LogP contribution in [0.15, 0.2) is 22.1 Å². The molecule has 156 valence electrons. The molecule has 1 aliphatic heterocycles. The monoisotopic (exact) mass is 418 g/mol. The number of hydrogen-bond donors (Lipinski definition) is 2. The van der Waals surface area contributed by atoms with Gasteiger partial charge >= 0.3 is 0 Å². The fourth-order valence-corrected chi connectivity index (χ4v) is 4.00. The molecule has 2 N–H and O–H groups in total. The maximum Gasteiger partial charge on any atom is 0.260 e. The molecular weight excluding hydrogens is 392 g/mol. The minimum absolute atomic E-state index is 0.0124. The van der Waals surface area contributed by atoms with Gasteiger partial charge in [-0.1, -0.05) is 0 Å². The Hall–Kier alpha value is -2.68. The number of likely N-dealkylation sites (tertiary alicyclic amines) is 1. The first-order valence-electron chi connectivity index (χ1n) is 9.71. The largest absolute Gasteiger partial charge is 0.469 e. The summed E-state index contributed by atoms with van der Waals surface area (Å²) in [4.78, 5) is 43.0. The summed E-state index contributed by atoms with van der Waals surface area (Å²) in [6.07, 6.45) is 2.99. The van der Waals surface area contributed by atoms with E-state index in [1.807, 2.05) is 13.8 Å². The molecule has 3 amide bonds. The third-order valence-corrected chi connectivity index (χ3v) is 5.66. The number of aromatic nitrogens is 1. The second-order valence-corrected chi connectivity index (χ2v) is 8.34. The van der Waals surface area contributed by atoms with Crippen LogP contribution in [0.5, 0.6) is 0 Å². The zero-order chi connectivity index (χ0) is 21.0. The zero-order valence-electron chi connectivity index (χ0n) is 16.9. The van der Waals surface area contributed by atoms with Crippen molar-refractivity contribution in [3.63, 3.8) is 0 Å². The number of amides is 3. The smallest absolute Gasteiger partial charge is 0.260 e. The third-order valence-electron chi connectivity index (χ3n) is 4.86. The Balaban J connectivity index is 1.49. The standard InChI is InChI=1S/C20H26N4O4S/c1-12(2)21-18(26)14-4-7-24(8-5-14)17(25)10-15-11-29-20(22-15)23-19(27)16-6-9-28-13(16)3/h6,9,11-12,14H,4-5,7-8,10H2,1-3H3,(H,21,26)(H,22,23,27). The number of carbonyl (C=O) groups excluding carboxylic acids is 3. The summed E-state index contributed by atoms with van der Waals surface area (Å²) in [7, 11) is 0. The molecular formula is C20H26N4O4S. The molecule has 0 aliphatic carbocycles. The van der Waals surface area contributed by atoms with E-state index in [9.17, 15) is 14.4 Å². The Labute approximate surface area is 173 Å². The molecule has 9 heteroatoms. The molecule has 0 saturated carbocycles. The normalized spacial score (nSPS) is 14.8. The average molecular weight is 419 g/mol. The second kappa shape index (κ2) is 9.21. The number of piperidine rings is 1. The van der Waals surface area contributed by atoms with Crippen LogP contribution in [0.3, 0.4) is 0 Å². The SMILES string of the molecule is Cc1occc1C(=O)Nc1nc(CC(=O)N2CCC(C(=O)NC(C)C)CC2)cs1. The van der Waals surface area contributed by atoms with Crippen molar-refractivity contribution in [3.05, 3.63) is 34.7 Å². The van der Waals surface area contributed by atoms with Crippen LogP contribution >= 0.6 is 11.3 Å². The Bertz CT molecular complexity index is 881. The van der Waals surface area contributed by atoms with Gasteiger partial charge in [-0.15, -0.1) is 11.3 Å². The first-order chi connectivity index (χ1) is 13.8. The fourth-order valence-electron chi connectivity index (χ4n) is 3.29. The fraction of sp³-hybridized carbons (Fsp3) is 0.500. The Kier molecular flexibility index (Phi) is 6.68. The van der Waals surface area contributed by atoms with E-state index in [1.54, 1.807) is 23.3 Å². The number of rotatable bonds is 6. The molecule has 0 spiro atoms. The summed E-state index contributed by atoms with van der Waals surface area (Å²) >= 11 is 1.28. The first kappa shape index (κ1) is 21.0. The molecule has 3 rings (SSSR count). The molecule has 1 saturated heterocycles. The molecule has 0 radical (unpaired) electrons. The topological polar surface area (TPSA) is 105 Å². The Morgan fingerprint density at radius 3 is 2.66 bits per heavy atom. The van der Waals surface area contributed by atoms with Crippen LogP contribution in [-0.4, -0.2) is 46.7 Å². The average Bonchev–Trinajstić information content (AvgIpc) is 3.30. The van der Waals surface area contributed by atoms with Gasteiger partial charge in [0, 0.05) is 30.4 Å². The molecule has 0 bridgehead atoms. The molecule has 0 unspecified atom stereocenters. The van der Waals surface area contributed by atoms with Crippen LogP contribution in [0.25, 0.3) is 0 Å². The van der Waals surface area contributed by atoms with Gasteiger partial charge in [0.05, 0.1) is 23.9 Å². The van der Waals surface area contributed by atoms with Crippen molar-refractivity contribution in [1.29, 1.82) is 0 Å². The van der Waals surface area contributed by atoms with Crippen molar-refractivity contribution < 1.29 is 18.8 Å². The van der Waals surface area contributed by atoms with Crippen molar-refractivity contribution >= 4 is 34.2 Å². The summed E-state index contributed by atoms with van der Waals surface area (Å²) in [6, 6.07) is 1.73. The predicted octanol–water partition coefficient (Wildman–Crippen LogP) is 2.60. The maximum absolute atomic E-state index is 12.6. The second-order valence-electron chi connectivity index (χ2n) is 7.48. The highest BCUT2D eigenvalue weighted by atomic mass is 32.1. The highest BCUT2D eigenvalue weighted by molar-refractivity contribution is 7.14. The molecule has 2 aromatic rings. The maximum atomic E-state index is 12.6. The van der Waals surface area contributed by atoms with Gasteiger partial charge in [0.15, 0.2) is 5.13 Å². The van der Waals surface area contributed by atoms with Crippen molar-refractivity contribution in [1.82, 2.24) is 15.2 Å². The molecule has 1 fully saturated rings. The number of hydrogen-bond acceptors (Lipinski definition) is 6. The molecule has 1 aliphatic rings. The lowest BCUT2D eigenvalue weighted by atomic mass is 9.95. The van der Waals surface area contributed by atoms with Crippen LogP contribution < -0.4 is 10.6 Å². The minimum Gasteiger partial charge on any atom is -0.469 e. The van der Waals surface area contributed by atoms with Crippen LogP contribution in [0, 0.1) is 12.8 Å². The number of anilines is 1.